The number of phenolic OH excluding ortho intramolecular Hbond substituents is 1. The average Bonchev–Trinajstić information content (AvgIpc) is 2.43. The number of carbonyl (C=O) groups excluding carboxylic acids is 2. The molecule has 1 saturated heterocycles. The van der Waals surface area contributed by atoms with Crippen LogP contribution in [0.5, 0.6) is 5.75 Å². The van der Waals surface area contributed by atoms with Crippen molar-refractivity contribution in [2.24, 2.45) is 0 Å². The van der Waals surface area contributed by atoms with Crippen molar-refractivity contribution in [2.45, 2.75) is 6.92 Å². The van der Waals surface area contributed by atoms with Crippen molar-refractivity contribution in [3.63, 3.8) is 0 Å². The van der Waals surface area contributed by atoms with E-state index in [1.807, 2.05) is 6.92 Å². The van der Waals surface area contributed by atoms with E-state index < -0.39 is 11.8 Å². The topological polar surface area (TPSA) is 78.9 Å². The summed E-state index contributed by atoms with van der Waals surface area (Å²) in [5, 5.41) is 12.0. The van der Waals surface area contributed by atoms with Crippen molar-refractivity contribution >= 4 is 17.5 Å². The molecule has 0 spiro atoms. The molecule has 19 heavy (non-hydrogen) atoms. The lowest BCUT2D eigenvalue weighted by atomic mass is 10.2. The number of hydrogen-bond donors (Lipinski definition) is 2. The van der Waals surface area contributed by atoms with Crippen molar-refractivity contribution in [2.75, 3.05) is 31.6 Å². The van der Waals surface area contributed by atoms with Gasteiger partial charge in [0, 0.05) is 13.1 Å². The number of rotatable bonds is 1. The molecular formula is C13H16N2O4. The summed E-state index contributed by atoms with van der Waals surface area (Å²) in [6.45, 7) is 3.53. The fraction of sp³-hybridized carbons (Fsp3) is 0.385. The van der Waals surface area contributed by atoms with Crippen LogP contribution in [0.4, 0.5) is 5.69 Å². The second-order valence-corrected chi connectivity index (χ2v) is 4.38. The number of nitrogens with one attached hydrogen (secondary N) is 1. The minimum absolute atomic E-state index is 0.0614. The van der Waals surface area contributed by atoms with Gasteiger partial charge in [-0.1, -0.05) is 6.07 Å². The number of anilines is 1. The first kappa shape index (κ1) is 13.4. The minimum atomic E-state index is -0.747. The summed E-state index contributed by atoms with van der Waals surface area (Å²) in [5.41, 5.74) is 1.12. The third-order valence-electron chi connectivity index (χ3n) is 2.89. The van der Waals surface area contributed by atoms with Crippen molar-refractivity contribution < 1.29 is 19.4 Å². The Kier molecular flexibility index (Phi) is 4.01. The van der Waals surface area contributed by atoms with Crippen LogP contribution in [-0.2, 0) is 14.3 Å². The van der Waals surface area contributed by atoms with E-state index in [2.05, 4.69) is 5.32 Å². The van der Waals surface area contributed by atoms with Crippen LogP contribution in [0.1, 0.15) is 5.56 Å². The highest BCUT2D eigenvalue weighted by molar-refractivity contribution is 6.39. The van der Waals surface area contributed by atoms with E-state index in [1.165, 1.54) is 11.0 Å². The lowest BCUT2D eigenvalue weighted by molar-refractivity contribution is -0.145. The number of nitrogens with zero attached hydrogens (tertiary/aromatic N) is 1. The Morgan fingerprint density at radius 3 is 2.68 bits per heavy atom. The summed E-state index contributed by atoms with van der Waals surface area (Å²) < 4.78 is 5.12. The smallest absolute Gasteiger partial charge is 0.314 e. The maximum atomic E-state index is 11.9. The monoisotopic (exact) mass is 264 g/mol. The Morgan fingerprint density at radius 1 is 1.32 bits per heavy atom. The quantitative estimate of drug-likeness (QED) is 0.572. The number of aryl methyl sites for hydroxylation is 1. The first-order valence-corrected chi connectivity index (χ1v) is 6.05. The summed E-state index contributed by atoms with van der Waals surface area (Å²) in [6.07, 6.45) is 0. The zero-order valence-electron chi connectivity index (χ0n) is 10.7. The lowest BCUT2D eigenvalue weighted by Crippen LogP contribution is -2.45. The van der Waals surface area contributed by atoms with E-state index in [1.54, 1.807) is 12.1 Å². The summed E-state index contributed by atoms with van der Waals surface area (Å²) in [4.78, 5) is 25.1. The molecule has 2 rings (SSSR count). The van der Waals surface area contributed by atoms with E-state index in [4.69, 9.17) is 4.74 Å². The maximum absolute atomic E-state index is 11.9. The van der Waals surface area contributed by atoms with Gasteiger partial charge in [0.15, 0.2) is 0 Å². The zero-order chi connectivity index (χ0) is 13.8. The van der Waals surface area contributed by atoms with Crippen LogP contribution in [0, 0.1) is 6.92 Å². The van der Waals surface area contributed by atoms with Crippen molar-refractivity contribution in [3.05, 3.63) is 23.8 Å². The molecule has 1 fully saturated rings. The zero-order valence-corrected chi connectivity index (χ0v) is 10.7. The highest BCUT2D eigenvalue weighted by Gasteiger charge is 2.24. The van der Waals surface area contributed by atoms with Crippen molar-refractivity contribution in [3.8, 4) is 5.75 Å². The van der Waals surface area contributed by atoms with Crippen LogP contribution < -0.4 is 5.32 Å². The van der Waals surface area contributed by atoms with Gasteiger partial charge in [0.1, 0.15) is 5.75 Å². The summed E-state index contributed by atoms with van der Waals surface area (Å²) in [5.74, 6) is -1.42. The van der Waals surface area contributed by atoms with E-state index in [0.29, 0.717) is 26.3 Å². The SMILES string of the molecule is Cc1ccc(O)c(NC(=O)C(=O)N2CCOCC2)c1. The predicted molar refractivity (Wildman–Crippen MR) is 68.9 cm³/mol. The molecule has 1 heterocycles. The molecule has 6 nitrogen and oxygen atoms in total. The van der Waals surface area contributed by atoms with Crippen molar-refractivity contribution in [1.82, 2.24) is 4.90 Å². The Bertz CT molecular complexity index is 495. The second-order valence-electron chi connectivity index (χ2n) is 4.38. The highest BCUT2D eigenvalue weighted by Crippen LogP contribution is 2.23. The molecule has 0 bridgehead atoms. The number of aromatic hydroxyl groups is 1. The third-order valence-corrected chi connectivity index (χ3v) is 2.89. The summed E-state index contributed by atoms with van der Waals surface area (Å²) in [7, 11) is 0. The molecule has 1 aliphatic rings. The molecule has 2 N–H and O–H groups in total. The molecule has 0 unspecified atom stereocenters. The Morgan fingerprint density at radius 2 is 2.00 bits per heavy atom. The van der Waals surface area contributed by atoms with E-state index >= 15 is 0 Å². The molecule has 0 radical (unpaired) electrons. The van der Waals surface area contributed by atoms with E-state index in [-0.39, 0.29) is 11.4 Å². The standard InChI is InChI=1S/C13H16N2O4/c1-9-2-3-11(16)10(8-9)14-12(17)13(18)15-4-6-19-7-5-15/h2-3,8,16H,4-7H2,1H3,(H,14,17). The van der Waals surface area contributed by atoms with Crippen LogP contribution in [0.3, 0.4) is 0 Å². The van der Waals surface area contributed by atoms with Gasteiger partial charge in [-0.2, -0.15) is 0 Å². The Hall–Kier alpha value is -2.08. The lowest BCUT2D eigenvalue weighted by Gasteiger charge is -2.26. The van der Waals surface area contributed by atoms with Gasteiger partial charge in [-0.15, -0.1) is 0 Å². The molecule has 0 atom stereocenters. The van der Waals surface area contributed by atoms with E-state index in [9.17, 15) is 14.7 Å². The Balaban J connectivity index is 2.03. The normalized spacial score (nSPS) is 15.1. The third kappa shape index (κ3) is 3.23. The van der Waals surface area contributed by atoms with E-state index in [0.717, 1.165) is 5.56 Å². The fourth-order valence-corrected chi connectivity index (χ4v) is 1.84. The molecule has 0 aromatic heterocycles. The van der Waals surface area contributed by atoms with Crippen LogP contribution in [-0.4, -0.2) is 48.1 Å². The van der Waals surface area contributed by atoms with Gasteiger partial charge in [-0.05, 0) is 24.6 Å². The number of amides is 2. The number of carbonyl (C=O) groups is 2. The largest absolute Gasteiger partial charge is 0.506 e. The highest BCUT2D eigenvalue weighted by atomic mass is 16.5. The van der Waals surface area contributed by atoms with Crippen LogP contribution in [0.15, 0.2) is 18.2 Å². The Labute approximate surface area is 111 Å². The number of phenols is 1. The minimum Gasteiger partial charge on any atom is -0.506 e. The summed E-state index contributed by atoms with van der Waals surface area (Å²) in [6, 6.07) is 4.80. The van der Waals surface area contributed by atoms with Crippen LogP contribution in [0.2, 0.25) is 0 Å². The average molecular weight is 264 g/mol. The maximum Gasteiger partial charge on any atom is 0.314 e. The first-order valence-electron chi connectivity index (χ1n) is 6.05. The van der Waals surface area contributed by atoms with Gasteiger partial charge >= 0.3 is 11.8 Å². The molecule has 1 aromatic rings. The van der Waals surface area contributed by atoms with Gasteiger partial charge in [-0.25, -0.2) is 0 Å². The first-order chi connectivity index (χ1) is 9.08. The molecule has 2 amide bonds. The molecule has 0 aliphatic carbocycles. The number of benzene rings is 1. The van der Waals surface area contributed by atoms with Crippen LogP contribution >= 0.6 is 0 Å². The van der Waals surface area contributed by atoms with Gasteiger partial charge in [0.25, 0.3) is 0 Å². The molecule has 102 valence electrons. The fourth-order valence-electron chi connectivity index (χ4n) is 1.84. The van der Waals surface area contributed by atoms with Gasteiger partial charge in [0.2, 0.25) is 0 Å². The van der Waals surface area contributed by atoms with Gasteiger partial charge in [0.05, 0.1) is 18.9 Å². The predicted octanol–water partition coefficient (Wildman–Crippen LogP) is 0.498. The molecule has 0 saturated carbocycles. The van der Waals surface area contributed by atoms with Crippen molar-refractivity contribution in [1.29, 1.82) is 0 Å². The van der Waals surface area contributed by atoms with Crippen LogP contribution in [0.25, 0.3) is 0 Å². The van der Waals surface area contributed by atoms with Gasteiger partial charge in [-0.3, -0.25) is 9.59 Å². The molecule has 6 heteroatoms. The molecule has 1 aromatic carbocycles. The molecular weight excluding hydrogens is 248 g/mol. The van der Waals surface area contributed by atoms with Gasteiger partial charge < -0.3 is 20.1 Å². The molecule has 1 aliphatic heterocycles. The summed E-state index contributed by atoms with van der Waals surface area (Å²) >= 11 is 0. The number of ether oxygens (including phenoxy) is 1. The number of morpholine rings is 1. The second kappa shape index (κ2) is 5.71. The number of hydrogen-bond acceptors (Lipinski definition) is 4.